The van der Waals surface area contributed by atoms with E-state index in [0.717, 1.165) is 6.42 Å². The average molecular weight is 705 g/mol. The van der Waals surface area contributed by atoms with Crippen LogP contribution in [0.5, 0.6) is 0 Å². The minimum absolute atomic E-state index is 0.0214. The number of urea groups is 1. The predicted octanol–water partition coefficient (Wildman–Crippen LogP) is 2.92. The molecule has 5 amide bonds. The minimum Gasteiger partial charge on any atom is -0.363 e. The number of benzene rings is 1. The van der Waals surface area contributed by atoms with E-state index in [1.165, 1.54) is 9.21 Å². The van der Waals surface area contributed by atoms with E-state index in [9.17, 15) is 32.4 Å². The Hall–Kier alpha value is -3.52. The van der Waals surface area contributed by atoms with Gasteiger partial charge in [-0.2, -0.15) is 4.31 Å². The quantitative estimate of drug-likeness (QED) is 0.227. The van der Waals surface area contributed by atoms with Gasteiger partial charge in [0.25, 0.3) is 5.91 Å². The Balaban J connectivity index is 1.83. The average Bonchev–Trinajstić information content (AvgIpc) is 3.55. The molecule has 5 atom stereocenters. The van der Waals surface area contributed by atoms with E-state index < -0.39 is 74.6 Å². The Morgan fingerprint density at radius 3 is 2.12 bits per heavy atom. The number of rotatable bonds is 13. The molecule has 274 valence electrons. The molecule has 1 fully saturated rings. The number of nitrogens with zero attached hydrogens (tertiary/aromatic N) is 2. The smallest absolute Gasteiger partial charge is 0.315 e. The summed E-state index contributed by atoms with van der Waals surface area (Å²) in [7, 11) is -3.74. The van der Waals surface area contributed by atoms with Gasteiger partial charge in [-0.3, -0.25) is 19.2 Å². The number of fused-ring (bicyclic) bond motifs is 1. The van der Waals surface area contributed by atoms with Crippen LogP contribution in [0.4, 0.5) is 4.79 Å². The van der Waals surface area contributed by atoms with Crippen molar-refractivity contribution >= 4 is 39.6 Å². The van der Waals surface area contributed by atoms with Gasteiger partial charge < -0.3 is 26.6 Å². The van der Waals surface area contributed by atoms with Crippen molar-refractivity contribution in [2.75, 3.05) is 13.1 Å². The van der Waals surface area contributed by atoms with Crippen LogP contribution in [0.15, 0.2) is 29.2 Å². The molecule has 3 rings (SSSR count). The molecule has 0 saturated carbocycles. The molecule has 49 heavy (non-hydrogen) atoms. The van der Waals surface area contributed by atoms with Gasteiger partial charge in [0.05, 0.1) is 10.9 Å². The number of nitrogens with one attached hydrogen (secondary N) is 3. The molecule has 1 aromatic rings. The highest BCUT2D eigenvalue weighted by Gasteiger charge is 2.46. The van der Waals surface area contributed by atoms with Crippen molar-refractivity contribution in [1.82, 2.24) is 25.2 Å². The molecule has 1 saturated heterocycles. The number of unbranched alkanes of at least 4 members (excludes halogenated alkanes) is 1. The van der Waals surface area contributed by atoms with Crippen molar-refractivity contribution in [2.45, 2.75) is 124 Å². The van der Waals surface area contributed by atoms with Crippen molar-refractivity contribution in [3.63, 3.8) is 0 Å². The number of carbonyl (C=O) groups is 5. The van der Waals surface area contributed by atoms with Crippen LogP contribution in [-0.2, 0) is 35.7 Å². The summed E-state index contributed by atoms with van der Waals surface area (Å²) >= 11 is 0. The van der Waals surface area contributed by atoms with Gasteiger partial charge in [0.2, 0.25) is 27.6 Å². The molecule has 2 heterocycles. The molecule has 14 heteroatoms. The summed E-state index contributed by atoms with van der Waals surface area (Å²) in [4.78, 5) is 67.7. The number of Topliss-reactive ketones (excluding diaryl/α,β-unsaturated/α-hetero) is 1. The van der Waals surface area contributed by atoms with Crippen LogP contribution in [0.3, 0.4) is 0 Å². The summed E-state index contributed by atoms with van der Waals surface area (Å²) in [6, 6.07) is 2.48. The van der Waals surface area contributed by atoms with E-state index in [1.807, 2.05) is 62.3 Å². The summed E-state index contributed by atoms with van der Waals surface area (Å²) in [5, 5.41) is 8.48. The van der Waals surface area contributed by atoms with Crippen LogP contribution in [-0.4, -0.2) is 84.4 Å². The zero-order valence-corrected chi connectivity index (χ0v) is 31.3. The first kappa shape index (κ1) is 39.9. The monoisotopic (exact) mass is 704 g/mol. The molecule has 1 aromatic carbocycles. The number of likely N-dealkylation sites (tertiary alicyclic amines) is 1. The van der Waals surface area contributed by atoms with Crippen molar-refractivity contribution in [1.29, 1.82) is 0 Å². The SMILES string of the molecule is CCCCC(NC(=O)[C@@H]1CC(C(C)C)CN1C(=O)[C@@H](NC(=O)N[C@H](CN1Cc2ccccc2S1(=O)=O)C(C)(C)C)C(C)(C)C)C(=O)C(N)=O. The van der Waals surface area contributed by atoms with Gasteiger partial charge in [-0.15, -0.1) is 0 Å². The first-order valence-electron chi connectivity index (χ1n) is 17.2. The molecule has 5 N–H and O–H groups in total. The Morgan fingerprint density at radius 2 is 1.59 bits per heavy atom. The summed E-state index contributed by atoms with van der Waals surface area (Å²) in [6.45, 7) is 17.5. The molecular weight excluding hydrogens is 648 g/mol. The van der Waals surface area contributed by atoms with E-state index in [2.05, 4.69) is 16.0 Å². The Labute approximate surface area is 291 Å². The highest BCUT2D eigenvalue weighted by atomic mass is 32.2. The second-order valence-corrected chi connectivity index (χ2v) is 17.8. The second kappa shape index (κ2) is 15.6. The fourth-order valence-corrected chi connectivity index (χ4v) is 7.96. The number of hydrogen-bond acceptors (Lipinski definition) is 7. The van der Waals surface area contributed by atoms with E-state index in [0.29, 0.717) is 18.4 Å². The number of carbonyl (C=O) groups excluding carboxylic acids is 5. The zero-order chi connectivity index (χ0) is 37.1. The third-order valence-electron chi connectivity index (χ3n) is 9.65. The first-order chi connectivity index (χ1) is 22.6. The van der Waals surface area contributed by atoms with Gasteiger partial charge in [0, 0.05) is 25.7 Å². The maximum Gasteiger partial charge on any atom is 0.315 e. The molecule has 0 aliphatic carbocycles. The first-order valence-corrected chi connectivity index (χ1v) is 18.6. The van der Waals surface area contributed by atoms with Gasteiger partial charge in [-0.05, 0) is 47.1 Å². The fourth-order valence-electron chi connectivity index (χ4n) is 6.31. The lowest BCUT2D eigenvalue weighted by Crippen LogP contribution is -2.61. The predicted molar refractivity (Wildman–Crippen MR) is 186 cm³/mol. The molecule has 2 unspecified atom stereocenters. The van der Waals surface area contributed by atoms with E-state index in [4.69, 9.17) is 5.73 Å². The number of sulfonamides is 1. The number of hydrogen-bond donors (Lipinski definition) is 4. The largest absolute Gasteiger partial charge is 0.363 e. The van der Waals surface area contributed by atoms with Crippen molar-refractivity contribution < 1.29 is 32.4 Å². The van der Waals surface area contributed by atoms with E-state index in [1.54, 1.807) is 24.3 Å². The highest BCUT2D eigenvalue weighted by molar-refractivity contribution is 7.89. The van der Waals surface area contributed by atoms with Crippen LogP contribution in [0.2, 0.25) is 0 Å². The summed E-state index contributed by atoms with van der Waals surface area (Å²) in [5.74, 6) is -2.91. The number of amides is 5. The highest BCUT2D eigenvalue weighted by Crippen LogP contribution is 2.34. The molecule has 13 nitrogen and oxygen atoms in total. The summed E-state index contributed by atoms with van der Waals surface area (Å²) in [6.07, 6.45) is 1.91. The number of ketones is 1. The lowest BCUT2D eigenvalue weighted by molar-refractivity contribution is -0.143. The Morgan fingerprint density at radius 1 is 0.959 bits per heavy atom. The molecule has 0 radical (unpaired) electrons. The maximum absolute atomic E-state index is 14.4. The van der Waals surface area contributed by atoms with Gasteiger partial charge in [-0.25, -0.2) is 13.2 Å². The molecule has 0 spiro atoms. The van der Waals surface area contributed by atoms with Crippen LogP contribution < -0.4 is 21.7 Å². The molecule has 0 bridgehead atoms. The Kier molecular flexibility index (Phi) is 12.7. The van der Waals surface area contributed by atoms with Gasteiger partial charge in [0.15, 0.2) is 0 Å². The normalized spacial score (nSPS) is 21.1. The van der Waals surface area contributed by atoms with Gasteiger partial charge in [-0.1, -0.05) is 93.4 Å². The van der Waals surface area contributed by atoms with Gasteiger partial charge in [0.1, 0.15) is 12.1 Å². The summed E-state index contributed by atoms with van der Waals surface area (Å²) < 4.78 is 28.0. The van der Waals surface area contributed by atoms with Crippen LogP contribution in [0, 0.1) is 22.7 Å². The molecule has 0 aromatic heterocycles. The van der Waals surface area contributed by atoms with Crippen molar-refractivity contribution in [3.05, 3.63) is 29.8 Å². The maximum atomic E-state index is 14.4. The zero-order valence-electron chi connectivity index (χ0n) is 30.5. The molecular formula is C35H56N6O7S. The lowest BCUT2D eigenvalue weighted by atomic mass is 9.85. The lowest BCUT2D eigenvalue weighted by Gasteiger charge is -2.37. The second-order valence-electron chi connectivity index (χ2n) is 15.9. The standard InChI is InChI=1S/C35H56N6O7S/c1-10-11-15-24(28(42)30(36)43)37-31(44)25-17-23(21(2)3)19-41(25)32(45)29(35(7,8)9)39-33(46)38-27(34(4,5)6)20-40-18-22-14-12-13-16-26(22)49(40,47)48/h12-14,16,21,23-25,27,29H,10-11,15,17-20H2,1-9H3,(H2,36,43)(H,37,44)(H2,38,39,46)/t23?,24?,25-,27+,29+/m0/s1. The fraction of sp³-hybridized carbons (Fsp3) is 0.686. The van der Waals surface area contributed by atoms with Crippen LogP contribution >= 0.6 is 0 Å². The molecule has 2 aliphatic heterocycles. The van der Waals surface area contributed by atoms with Crippen LogP contribution in [0.25, 0.3) is 0 Å². The minimum atomic E-state index is -3.74. The van der Waals surface area contributed by atoms with E-state index >= 15 is 0 Å². The van der Waals surface area contributed by atoms with Crippen molar-refractivity contribution in [2.24, 2.45) is 28.4 Å². The van der Waals surface area contributed by atoms with Crippen LogP contribution in [0.1, 0.15) is 93.6 Å². The molecule has 2 aliphatic rings. The van der Waals surface area contributed by atoms with Crippen molar-refractivity contribution in [3.8, 4) is 0 Å². The third-order valence-corrected chi connectivity index (χ3v) is 11.6. The number of nitrogens with two attached hydrogens (primary N) is 1. The van der Waals surface area contributed by atoms with Gasteiger partial charge >= 0.3 is 6.03 Å². The summed E-state index contributed by atoms with van der Waals surface area (Å²) in [5.41, 5.74) is 4.62. The topological polar surface area (TPSA) is 188 Å². The van der Waals surface area contributed by atoms with E-state index in [-0.39, 0.29) is 42.8 Å². The third kappa shape index (κ3) is 9.59. The Bertz CT molecular complexity index is 1510. The number of primary amides is 1.